The average Bonchev–Trinajstić information content (AvgIpc) is 2.47. The van der Waals surface area contributed by atoms with Gasteiger partial charge in [0.25, 0.3) is 0 Å². The van der Waals surface area contributed by atoms with Gasteiger partial charge < -0.3 is 10.6 Å². The van der Waals surface area contributed by atoms with Crippen LogP contribution in [0, 0.1) is 0 Å². The molecule has 0 aliphatic heterocycles. The molecule has 0 aromatic heterocycles. The van der Waals surface area contributed by atoms with Gasteiger partial charge in [-0.1, -0.05) is 42.8 Å². The van der Waals surface area contributed by atoms with Crippen LogP contribution in [-0.2, 0) is 4.79 Å². The third-order valence-corrected chi connectivity index (χ3v) is 3.45. The predicted octanol–water partition coefficient (Wildman–Crippen LogP) is 3.28. The number of allylic oxidation sites excluding steroid dienone is 1. The Bertz CT molecular complexity index is 403. The van der Waals surface area contributed by atoms with Gasteiger partial charge in [-0.2, -0.15) is 0 Å². The number of benzene rings is 1. The van der Waals surface area contributed by atoms with Crippen molar-refractivity contribution in [3.63, 3.8) is 0 Å². The van der Waals surface area contributed by atoms with Crippen LogP contribution in [0.15, 0.2) is 43.0 Å². The zero-order valence-electron chi connectivity index (χ0n) is 12.4. The lowest BCUT2D eigenvalue weighted by Gasteiger charge is -2.19. The molecule has 0 saturated carbocycles. The highest BCUT2D eigenvalue weighted by molar-refractivity contribution is 5.76. The maximum absolute atomic E-state index is 12.1. The lowest BCUT2D eigenvalue weighted by molar-refractivity contribution is -0.130. The number of unbranched alkanes of at least 4 members (excludes halogenated alkanes) is 3. The minimum absolute atomic E-state index is 0.116. The van der Waals surface area contributed by atoms with E-state index in [0.29, 0.717) is 6.42 Å². The van der Waals surface area contributed by atoms with E-state index in [1.807, 2.05) is 43.5 Å². The van der Waals surface area contributed by atoms with Crippen molar-refractivity contribution in [2.24, 2.45) is 5.73 Å². The van der Waals surface area contributed by atoms with Crippen molar-refractivity contribution in [2.45, 2.75) is 38.1 Å². The molecule has 3 nitrogen and oxygen atoms in total. The zero-order valence-corrected chi connectivity index (χ0v) is 12.4. The Labute approximate surface area is 122 Å². The monoisotopic (exact) mass is 274 g/mol. The SMILES string of the molecule is C=CCCCCCN(C)C(=O)CC(N)c1ccccc1. The normalized spacial score (nSPS) is 11.9. The molecule has 1 rings (SSSR count). The molecule has 0 aliphatic rings. The van der Waals surface area contributed by atoms with Crippen LogP contribution in [0.2, 0.25) is 0 Å². The highest BCUT2D eigenvalue weighted by Gasteiger charge is 2.14. The molecule has 1 unspecified atom stereocenters. The molecular formula is C17H26N2O. The topological polar surface area (TPSA) is 46.3 Å². The smallest absolute Gasteiger partial charge is 0.224 e. The summed E-state index contributed by atoms with van der Waals surface area (Å²) < 4.78 is 0. The summed E-state index contributed by atoms with van der Waals surface area (Å²) in [5.41, 5.74) is 7.08. The summed E-state index contributed by atoms with van der Waals surface area (Å²) in [6, 6.07) is 9.56. The predicted molar refractivity (Wildman–Crippen MR) is 84.3 cm³/mol. The molecule has 0 bridgehead atoms. The van der Waals surface area contributed by atoms with Crippen molar-refractivity contribution in [2.75, 3.05) is 13.6 Å². The van der Waals surface area contributed by atoms with Gasteiger partial charge >= 0.3 is 0 Å². The molecule has 0 aliphatic carbocycles. The number of hydrogen-bond acceptors (Lipinski definition) is 2. The molecule has 1 aromatic carbocycles. The molecule has 0 fully saturated rings. The van der Waals surface area contributed by atoms with Crippen LogP contribution in [0.5, 0.6) is 0 Å². The molecule has 110 valence electrons. The first-order valence-electron chi connectivity index (χ1n) is 7.30. The van der Waals surface area contributed by atoms with Crippen LogP contribution < -0.4 is 5.73 Å². The van der Waals surface area contributed by atoms with Gasteiger partial charge in [0.05, 0.1) is 0 Å². The third-order valence-electron chi connectivity index (χ3n) is 3.45. The van der Waals surface area contributed by atoms with E-state index in [1.165, 1.54) is 0 Å². The van der Waals surface area contributed by atoms with Crippen molar-refractivity contribution in [1.29, 1.82) is 0 Å². The number of nitrogens with zero attached hydrogens (tertiary/aromatic N) is 1. The van der Waals surface area contributed by atoms with Gasteiger partial charge in [-0.3, -0.25) is 4.79 Å². The summed E-state index contributed by atoms with van der Waals surface area (Å²) >= 11 is 0. The zero-order chi connectivity index (χ0) is 14.8. The molecule has 20 heavy (non-hydrogen) atoms. The summed E-state index contributed by atoms with van der Waals surface area (Å²) in [5.74, 6) is 0.116. The first kappa shape index (κ1) is 16.4. The van der Waals surface area contributed by atoms with E-state index >= 15 is 0 Å². The molecule has 0 spiro atoms. The Morgan fingerprint density at radius 1 is 1.30 bits per heavy atom. The third kappa shape index (κ3) is 6.02. The lowest BCUT2D eigenvalue weighted by atomic mass is 10.0. The molecule has 1 amide bonds. The molecular weight excluding hydrogens is 248 g/mol. The van der Waals surface area contributed by atoms with E-state index in [0.717, 1.165) is 37.8 Å². The Morgan fingerprint density at radius 3 is 2.65 bits per heavy atom. The Morgan fingerprint density at radius 2 is 2.00 bits per heavy atom. The fourth-order valence-electron chi connectivity index (χ4n) is 2.10. The summed E-state index contributed by atoms with van der Waals surface area (Å²) in [6.45, 7) is 4.51. The number of rotatable bonds is 9. The maximum Gasteiger partial charge on any atom is 0.224 e. The Kier molecular flexibility index (Phi) is 7.66. The van der Waals surface area contributed by atoms with Crippen LogP contribution in [0.25, 0.3) is 0 Å². The van der Waals surface area contributed by atoms with Crippen LogP contribution in [0.3, 0.4) is 0 Å². The fourth-order valence-corrected chi connectivity index (χ4v) is 2.10. The van der Waals surface area contributed by atoms with Crippen molar-refractivity contribution in [3.8, 4) is 0 Å². The van der Waals surface area contributed by atoms with E-state index < -0.39 is 0 Å². The molecule has 3 heteroatoms. The van der Waals surface area contributed by atoms with Gasteiger partial charge in [0.2, 0.25) is 5.91 Å². The number of carbonyl (C=O) groups excluding carboxylic acids is 1. The molecule has 0 radical (unpaired) electrons. The fraction of sp³-hybridized carbons (Fsp3) is 0.471. The van der Waals surface area contributed by atoms with Gasteiger partial charge in [-0.05, 0) is 24.8 Å². The first-order valence-corrected chi connectivity index (χ1v) is 7.30. The van der Waals surface area contributed by atoms with Gasteiger partial charge in [0.15, 0.2) is 0 Å². The van der Waals surface area contributed by atoms with Gasteiger partial charge in [-0.15, -0.1) is 6.58 Å². The quantitative estimate of drug-likeness (QED) is 0.555. The summed E-state index contributed by atoms with van der Waals surface area (Å²) in [4.78, 5) is 13.9. The molecule has 0 heterocycles. The van der Waals surface area contributed by atoms with Crippen LogP contribution in [-0.4, -0.2) is 24.4 Å². The maximum atomic E-state index is 12.1. The van der Waals surface area contributed by atoms with Crippen LogP contribution in [0.4, 0.5) is 0 Å². The molecule has 1 aromatic rings. The van der Waals surface area contributed by atoms with Crippen molar-refractivity contribution >= 4 is 5.91 Å². The van der Waals surface area contributed by atoms with Crippen molar-refractivity contribution in [1.82, 2.24) is 4.90 Å². The lowest BCUT2D eigenvalue weighted by Crippen LogP contribution is -2.30. The number of hydrogen-bond donors (Lipinski definition) is 1. The van der Waals surface area contributed by atoms with Crippen molar-refractivity contribution in [3.05, 3.63) is 48.6 Å². The minimum atomic E-state index is -0.216. The average molecular weight is 274 g/mol. The van der Waals surface area contributed by atoms with E-state index in [2.05, 4.69) is 6.58 Å². The summed E-state index contributed by atoms with van der Waals surface area (Å²) in [6.07, 6.45) is 6.68. The van der Waals surface area contributed by atoms with Gasteiger partial charge in [0, 0.05) is 26.1 Å². The summed E-state index contributed by atoms with van der Waals surface area (Å²) in [5, 5.41) is 0. The largest absolute Gasteiger partial charge is 0.346 e. The van der Waals surface area contributed by atoms with Crippen LogP contribution in [0.1, 0.15) is 43.7 Å². The number of amides is 1. The minimum Gasteiger partial charge on any atom is -0.346 e. The van der Waals surface area contributed by atoms with Crippen molar-refractivity contribution < 1.29 is 4.79 Å². The Balaban J connectivity index is 2.29. The van der Waals surface area contributed by atoms with Gasteiger partial charge in [0.1, 0.15) is 0 Å². The highest BCUT2D eigenvalue weighted by Crippen LogP contribution is 2.14. The van der Waals surface area contributed by atoms with E-state index in [1.54, 1.807) is 4.90 Å². The second-order valence-electron chi connectivity index (χ2n) is 5.17. The second-order valence-corrected chi connectivity index (χ2v) is 5.17. The van der Waals surface area contributed by atoms with E-state index in [-0.39, 0.29) is 11.9 Å². The van der Waals surface area contributed by atoms with Gasteiger partial charge in [-0.25, -0.2) is 0 Å². The van der Waals surface area contributed by atoms with Crippen LogP contribution >= 0.6 is 0 Å². The highest BCUT2D eigenvalue weighted by atomic mass is 16.2. The second kappa shape index (κ2) is 9.32. The number of nitrogens with two attached hydrogens (primary N) is 1. The molecule has 2 N–H and O–H groups in total. The van der Waals surface area contributed by atoms with E-state index in [4.69, 9.17) is 5.73 Å². The molecule has 1 atom stereocenters. The first-order chi connectivity index (χ1) is 9.65. The molecule has 0 saturated heterocycles. The standard InChI is InChI=1S/C17H26N2O/c1-3-4-5-6-10-13-19(2)17(20)14-16(18)15-11-8-7-9-12-15/h3,7-9,11-12,16H,1,4-6,10,13-14,18H2,2H3. The Hall–Kier alpha value is -1.61. The van der Waals surface area contributed by atoms with E-state index in [9.17, 15) is 4.79 Å². The number of carbonyl (C=O) groups is 1. The summed E-state index contributed by atoms with van der Waals surface area (Å²) in [7, 11) is 1.85.